The van der Waals surface area contributed by atoms with E-state index in [9.17, 15) is 0 Å². The van der Waals surface area contributed by atoms with Gasteiger partial charge >= 0.3 is 0 Å². The zero-order chi connectivity index (χ0) is 10.7. The lowest BCUT2D eigenvalue weighted by Gasteiger charge is -1.97. The number of rotatable bonds is 3. The summed E-state index contributed by atoms with van der Waals surface area (Å²) in [7, 11) is 0. The molecule has 0 fully saturated rings. The second kappa shape index (κ2) is 4.60. The first-order valence-electron chi connectivity index (χ1n) is 5.14. The van der Waals surface area contributed by atoms with Crippen LogP contribution in [0.15, 0.2) is 35.7 Å². The maximum atomic E-state index is 5.54. The summed E-state index contributed by atoms with van der Waals surface area (Å²) in [5, 5.41) is 2.20. The first-order valence-corrected chi connectivity index (χ1v) is 6.02. The van der Waals surface area contributed by atoms with Crippen molar-refractivity contribution in [3.63, 3.8) is 0 Å². The molecule has 0 aliphatic heterocycles. The smallest absolute Gasteiger partial charge is 0.00641 e. The van der Waals surface area contributed by atoms with Gasteiger partial charge < -0.3 is 5.73 Å². The molecule has 0 spiro atoms. The zero-order valence-electron chi connectivity index (χ0n) is 8.86. The van der Waals surface area contributed by atoms with Gasteiger partial charge in [0.25, 0.3) is 0 Å². The van der Waals surface area contributed by atoms with Gasteiger partial charge in [0.05, 0.1) is 0 Å². The molecule has 1 aromatic carbocycles. The molecule has 1 aromatic heterocycles. The minimum absolute atomic E-state index is 0.730. The third kappa shape index (κ3) is 2.46. The van der Waals surface area contributed by atoms with E-state index in [4.69, 9.17) is 5.73 Å². The van der Waals surface area contributed by atoms with Crippen molar-refractivity contribution in [3.05, 3.63) is 46.2 Å². The molecule has 0 saturated heterocycles. The van der Waals surface area contributed by atoms with E-state index < -0.39 is 0 Å². The van der Waals surface area contributed by atoms with Crippen LogP contribution in [-0.4, -0.2) is 6.54 Å². The van der Waals surface area contributed by atoms with Crippen molar-refractivity contribution in [2.45, 2.75) is 13.3 Å². The number of hydrogen-bond acceptors (Lipinski definition) is 2. The van der Waals surface area contributed by atoms with E-state index in [2.05, 4.69) is 42.6 Å². The fraction of sp³-hybridized carbons (Fsp3) is 0.231. The molecule has 0 saturated carbocycles. The van der Waals surface area contributed by atoms with Crippen molar-refractivity contribution in [1.82, 2.24) is 0 Å². The molecule has 1 nitrogen and oxygen atoms in total. The summed E-state index contributed by atoms with van der Waals surface area (Å²) in [5.74, 6) is 0. The summed E-state index contributed by atoms with van der Waals surface area (Å²) in [6, 6.07) is 10.9. The van der Waals surface area contributed by atoms with Crippen molar-refractivity contribution >= 4 is 11.3 Å². The Balaban J connectivity index is 2.25. The third-order valence-electron chi connectivity index (χ3n) is 2.43. The lowest BCUT2D eigenvalue weighted by atomic mass is 10.1. The second-order valence-corrected chi connectivity index (χ2v) is 4.70. The fourth-order valence-corrected chi connectivity index (χ4v) is 2.46. The maximum absolute atomic E-state index is 5.54. The molecule has 2 heteroatoms. The Kier molecular flexibility index (Phi) is 3.19. The number of aryl methyl sites for hydroxylation is 1. The average Bonchev–Trinajstić information content (AvgIpc) is 2.68. The van der Waals surface area contributed by atoms with Crippen LogP contribution < -0.4 is 5.73 Å². The van der Waals surface area contributed by atoms with E-state index in [1.54, 1.807) is 11.3 Å². The highest BCUT2D eigenvalue weighted by Crippen LogP contribution is 2.25. The molecule has 0 radical (unpaired) electrons. The fourth-order valence-electron chi connectivity index (χ4n) is 1.55. The average molecular weight is 217 g/mol. The van der Waals surface area contributed by atoms with Crippen LogP contribution in [0.4, 0.5) is 0 Å². The Morgan fingerprint density at radius 2 is 1.87 bits per heavy atom. The molecule has 2 rings (SSSR count). The molecule has 0 aliphatic rings. The van der Waals surface area contributed by atoms with Gasteiger partial charge in [0.15, 0.2) is 0 Å². The number of thiophene rings is 1. The normalized spacial score (nSPS) is 10.5. The van der Waals surface area contributed by atoms with Crippen LogP contribution in [0, 0.1) is 6.92 Å². The van der Waals surface area contributed by atoms with Crippen molar-refractivity contribution in [2.24, 2.45) is 5.73 Å². The van der Waals surface area contributed by atoms with Crippen molar-refractivity contribution < 1.29 is 0 Å². The van der Waals surface area contributed by atoms with Gasteiger partial charge in [-0.3, -0.25) is 0 Å². The maximum Gasteiger partial charge on any atom is 0.00641 e. The first kappa shape index (κ1) is 10.4. The predicted molar refractivity (Wildman–Crippen MR) is 67.3 cm³/mol. The Hall–Kier alpha value is -1.12. The molecule has 78 valence electrons. The molecule has 0 amide bonds. The monoisotopic (exact) mass is 217 g/mol. The molecule has 2 N–H and O–H groups in total. The summed E-state index contributed by atoms with van der Waals surface area (Å²) in [6.45, 7) is 2.84. The standard InChI is InChI=1S/C13H15NS/c1-10-2-4-11(5-3-10)12-8-13(6-7-14)15-9-12/h2-5,8-9H,6-7,14H2,1H3. The minimum Gasteiger partial charge on any atom is -0.330 e. The highest BCUT2D eigenvalue weighted by molar-refractivity contribution is 7.10. The summed E-state index contributed by atoms with van der Waals surface area (Å²) in [6.07, 6.45) is 0.983. The molecular weight excluding hydrogens is 202 g/mol. The van der Waals surface area contributed by atoms with Gasteiger partial charge in [0.2, 0.25) is 0 Å². The molecular formula is C13H15NS. The van der Waals surface area contributed by atoms with E-state index in [1.165, 1.54) is 21.6 Å². The van der Waals surface area contributed by atoms with Crippen LogP contribution >= 0.6 is 11.3 Å². The molecule has 0 aliphatic carbocycles. The van der Waals surface area contributed by atoms with E-state index in [-0.39, 0.29) is 0 Å². The molecule has 15 heavy (non-hydrogen) atoms. The summed E-state index contributed by atoms with van der Waals surface area (Å²) in [5.41, 5.74) is 9.44. The van der Waals surface area contributed by atoms with E-state index in [0.717, 1.165) is 13.0 Å². The highest BCUT2D eigenvalue weighted by atomic mass is 32.1. The molecule has 0 unspecified atom stereocenters. The van der Waals surface area contributed by atoms with Gasteiger partial charge in [-0.05, 0) is 42.5 Å². The lowest BCUT2D eigenvalue weighted by molar-refractivity contribution is 0.989. The van der Waals surface area contributed by atoms with Gasteiger partial charge in [0.1, 0.15) is 0 Å². The van der Waals surface area contributed by atoms with Gasteiger partial charge in [-0.1, -0.05) is 29.8 Å². The van der Waals surface area contributed by atoms with Crippen LogP contribution in [0.2, 0.25) is 0 Å². The van der Waals surface area contributed by atoms with Gasteiger partial charge in [0, 0.05) is 4.88 Å². The van der Waals surface area contributed by atoms with Crippen LogP contribution in [0.1, 0.15) is 10.4 Å². The largest absolute Gasteiger partial charge is 0.330 e. The Bertz CT molecular complexity index is 428. The second-order valence-electron chi connectivity index (χ2n) is 3.71. The molecule has 0 bridgehead atoms. The number of benzene rings is 1. The van der Waals surface area contributed by atoms with Crippen LogP contribution in [0.25, 0.3) is 11.1 Å². The highest BCUT2D eigenvalue weighted by Gasteiger charge is 2.01. The summed E-state index contributed by atoms with van der Waals surface area (Å²) >= 11 is 1.79. The topological polar surface area (TPSA) is 26.0 Å². The van der Waals surface area contributed by atoms with Crippen molar-refractivity contribution in [2.75, 3.05) is 6.54 Å². The van der Waals surface area contributed by atoms with Gasteiger partial charge in [-0.2, -0.15) is 0 Å². The van der Waals surface area contributed by atoms with Crippen molar-refractivity contribution in [1.29, 1.82) is 0 Å². The predicted octanol–water partition coefficient (Wildman–Crippen LogP) is 3.22. The lowest BCUT2D eigenvalue weighted by Crippen LogP contribution is -2.00. The van der Waals surface area contributed by atoms with Gasteiger partial charge in [-0.25, -0.2) is 0 Å². The van der Waals surface area contributed by atoms with E-state index >= 15 is 0 Å². The number of nitrogens with two attached hydrogens (primary N) is 1. The Morgan fingerprint density at radius 1 is 1.13 bits per heavy atom. The van der Waals surface area contributed by atoms with E-state index in [1.807, 2.05) is 0 Å². The minimum atomic E-state index is 0.730. The van der Waals surface area contributed by atoms with Crippen LogP contribution in [0.5, 0.6) is 0 Å². The Morgan fingerprint density at radius 3 is 2.53 bits per heavy atom. The van der Waals surface area contributed by atoms with Crippen molar-refractivity contribution in [3.8, 4) is 11.1 Å². The van der Waals surface area contributed by atoms with E-state index in [0.29, 0.717) is 0 Å². The molecule has 1 heterocycles. The quantitative estimate of drug-likeness (QED) is 0.839. The molecule has 0 atom stereocenters. The summed E-state index contributed by atoms with van der Waals surface area (Å²) < 4.78 is 0. The third-order valence-corrected chi connectivity index (χ3v) is 3.43. The SMILES string of the molecule is Cc1ccc(-c2csc(CCN)c2)cc1. The zero-order valence-corrected chi connectivity index (χ0v) is 9.68. The Labute approximate surface area is 94.6 Å². The first-order chi connectivity index (χ1) is 7.29. The van der Waals surface area contributed by atoms with Crippen LogP contribution in [0.3, 0.4) is 0 Å². The summed E-state index contributed by atoms with van der Waals surface area (Å²) in [4.78, 5) is 1.37. The molecule has 2 aromatic rings. The van der Waals surface area contributed by atoms with Gasteiger partial charge in [-0.15, -0.1) is 11.3 Å². The van der Waals surface area contributed by atoms with Crippen LogP contribution in [-0.2, 0) is 6.42 Å². The number of hydrogen-bond donors (Lipinski definition) is 1.